The molecular formula is C15H26N2O3. The van der Waals surface area contributed by atoms with Crippen molar-refractivity contribution in [2.45, 2.75) is 39.2 Å². The highest BCUT2D eigenvalue weighted by Crippen LogP contribution is 2.20. The Labute approximate surface area is 121 Å². The highest BCUT2D eigenvalue weighted by molar-refractivity contribution is 5.92. The summed E-state index contributed by atoms with van der Waals surface area (Å²) in [7, 11) is 3.75. The Balaban J connectivity index is 2.58. The third-order valence-electron chi connectivity index (χ3n) is 3.01. The van der Waals surface area contributed by atoms with Crippen LogP contribution >= 0.6 is 0 Å². The largest absolute Gasteiger partial charge is 0.444 e. The highest BCUT2D eigenvalue weighted by Gasteiger charge is 2.29. The van der Waals surface area contributed by atoms with Crippen molar-refractivity contribution < 1.29 is 14.3 Å². The van der Waals surface area contributed by atoms with Gasteiger partial charge in [0.15, 0.2) is 5.78 Å². The van der Waals surface area contributed by atoms with E-state index in [4.69, 9.17) is 4.74 Å². The van der Waals surface area contributed by atoms with Crippen LogP contribution in [0.4, 0.5) is 4.79 Å². The van der Waals surface area contributed by atoms with E-state index in [1.807, 2.05) is 39.8 Å². The van der Waals surface area contributed by atoms with Crippen LogP contribution in [0.25, 0.3) is 0 Å². The maximum atomic E-state index is 12.1. The van der Waals surface area contributed by atoms with Crippen LogP contribution in [0.3, 0.4) is 0 Å². The molecule has 0 unspecified atom stereocenters. The molecule has 0 aromatic rings. The van der Waals surface area contributed by atoms with Crippen LogP contribution < -0.4 is 0 Å². The smallest absolute Gasteiger partial charge is 0.410 e. The van der Waals surface area contributed by atoms with Gasteiger partial charge in [0.2, 0.25) is 0 Å². The third-order valence-corrected chi connectivity index (χ3v) is 3.01. The van der Waals surface area contributed by atoms with Gasteiger partial charge in [-0.3, -0.25) is 4.79 Å². The zero-order valence-corrected chi connectivity index (χ0v) is 13.2. The Morgan fingerprint density at radius 3 is 2.50 bits per heavy atom. The molecule has 1 fully saturated rings. The second-order valence-corrected chi connectivity index (χ2v) is 6.45. The fourth-order valence-corrected chi connectivity index (χ4v) is 2.06. The summed E-state index contributed by atoms with van der Waals surface area (Å²) in [6.45, 7) is 6.65. The van der Waals surface area contributed by atoms with Gasteiger partial charge in [0.1, 0.15) is 5.60 Å². The maximum absolute atomic E-state index is 12.1. The van der Waals surface area contributed by atoms with Gasteiger partial charge in [0, 0.05) is 39.3 Å². The summed E-state index contributed by atoms with van der Waals surface area (Å²) in [5.41, 5.74) is -0.501. The number of likely N-dealkylation sites (tertiary alicyclic amines) is 1. The fourth-order valence-electron chi connectivity index (χ4n) is 2.06. The van der Waals surface area contributed by atoms with Crippen molar-refractivity contribution in [1.29, 1.82) is 0 Å². The maximum Gasteiger partial charge on any atom is 0.410 e. The number of carbonyl (C=O) groups excluding carboxylic acids is 2. The molecule has 0 aromatic heterocycles. The Morgan fingerprint density at radius 1 is 1.30 bits per heavy atom. The summed E-state index contributed by atoms with van der Waals surface area (Å²) in [5, 5.41) is 0. The van der Waals surface area contributed by atoms with E-state index in [9.17, 15) is 9.59 Å². The van der Waals surface area contributed by atoms with E-state index >= 15 is 0 Å². The quantitative estimate of drug-likeness (QED) is 0.745. The first kappa shape index (κ1) is 16.5. The van der Waals surface area contributed by atoms with Gasteiger partial charge in [-0.1, -0.05) is 0 Å². The first-order valence-electron chi connectivity index (χ1n) is 7.05. The first-order valence-corrected chi connectivity index (χ1v) is 7.05. The van der Waals surface area contributed by atoms with Crippen LogP contribution in [0.2, 0.25) is 0 Å². The topological polar surface area (TPSA) is 49.9 Å². The molecule has 5 heteroatoms. The number of allylic oxidation sites excluding steroid dienone is 1. The minimum Gasteiger partial charge on any atom is -0.444 e. The molecule has 114 valence electrons. The number of amides is 1. The summed E-state index contributed by atoms with van der Waals surface area (Å²) in [6.07, 6.45) is 4.67. The van der Waals surface area contributed by atoms with E-state index < -0.39 is 5.60 Å². The summed E-state index contributed by atoms with van der Waals surface area (Å²) in [4.78, 5) is 27.5. The van der Waals surface area contributed by atoms with Crippen molar-refractivity contribution in [2.75, 3.05) is 27.2 Å². The van der Waals surface area contributed by atoms with Crippen LogP contribution in [-0.2, 0) is 9.53 Å². The molecule has 0 bridgehead atoms. The fraction of sp³-hybridized carbons (Fsp3) is 0.733. The van der Waals surface area contributed by atoms with Gasteiger partial charge in [-0.05, 0) is 39.7 Å². The number of ether oxygens (including phenoxy) is 1. The van der Waals surface area contributed by atoms with E-state index in [-0.39, 0.29) is 17.8 Å². The Hall–Kier alpha value is -1.52. The lowest BCUT2D eigenvalue weighted by Crippen LogP contribution is -2.44. The second kappa shape index (κ2) is 6.77. The Morgan fingerprint density at radius 2 is 1.95 bits per heavy atom. The molecular weight excluding hydrogens is 256 g/mol. The monoisotopic (exact) mass is 282 g/mol. The zero-order chi connectivity index (χ0) is 15.3. The molecule has 0 radical (unpaired) electrons. The molecule has 0 spiro atoms. The average molecular weight is 282 g/mol. The number of ketones is 1. The summed E-state index contributed by atoms with van der Waals surface area (Å²) in [6, 6.07) is 0. The van der Waals surface area contributed by atoms with Gasteiger partial charge >= 0.3 is 6.09 Å². The van der Waals surface area contributed by atoms with Crippen LogP contribution in [0.1, 0.15) is 33.6 Å². The molecule has 0 N–H and O–H groups in total. The SMILES string of the molecule is CN(C)/C=C/C(=O)[C@H]1CCCN(C(=O)OC(C)(C)C)C1. The van der Waals surface area contributed by atoms with E-state index in [2.05, 4.69) is 0 Å². The van der Waals surface area contributed by atoms with Gasteiger partial charge in [0.05, 0.1) is 0 Å². The number of hydrogen-bond donors (Lipinski definition) is 0. The van der Waals surface area contributed by atoms with Crippen molar-refractivity contribution in [1.82, 2.24) is 9.80 Å². The molecule has 5 nitrogen and oxygen atoms in total. The molecule has 1 aliphatic heterocycles. The van der Waals surface area contributed by atoms with E-state index in [0.29, 0.717) is 13.1 Å². The Kier molecular flexibility index (Phi) is 5.60. The second-order valence-electron chi connectivity index (χ2n) is 6.45. The van der Waals surface area contributed by atoms with Crippen molar-refractivity contribution in [2.24, 2.45) is 5.92 Å². The molecule has 1 aliphatic rings. The van der Waals surface area contributed by atoms with Crippen molar-refractivity contribution in [3.63, 3.8) is 0 Å². The first-order chi connectivity index (χ1) is 9.19. The minimum absolute atomic E-state index is 0.0759. The predicted octanol–water partition coefficient (Wildman–Crippen LogP) is 2.28. The summed E-state index contributed by atoms with van der Waals surface area (Å²) < 4.78 is 5.35. The standard InChI is InChI=1S/C15H26N2O3/c1-15(2,3)20-14(19)17-9-6-7-12(11-17)13(18)8-10-16(4)5/h8,10,12H,6-7,9,11H2,1-5H3/b10-8+/t12-/m0/s1. The summed E-state index contributed by atoms with van der Waals surface area (Å²) in [5.74, 6) is -0.0422. The van der Waals surface area contributed by atoms with Gasteiger partial charge in [-0.25, -0.2) is 4.79 Å². The van der Waals surface area contributed by atoms with Crippen LogP contribution in [-0.4, -0.2) is 54.5 Å². The third kappa shape index (κ3) is 5.63. The summed E-state index contributed by atoms with van der Waals surface area (Å²) >= 11 is 0. The number of nitrogens with zero attached hydrogens (tertiary/aromatic N) is 2. The molecule has 1 heterocycles. The number of rotatable bonds is 3. The van der Waals surface area contributed by atoms with Gasteiger partial charge in [-0.15, -0.1) is 0 Å². The van der Waals surface area contributed by atoms with Crippen LogP contribution in [0, 0.1) is 5.92 Å². The highest BCUT2D eigenvalue weighted by atomic mass is 16.6. The average Bonchev–Trinajstić information content (AvgIpc) is 2.34. The molecule has 0 aromatic carbocycles. The van der Waals surface area contributed by atoms with E-state index in [0.717, 1.165) is 12.8 Å². The molecule has 1 rings (SSSR count). The van der Waals surface area contributed by atoms with Crippen molar-refractivity contribution >= 4 is 11.9 Å². The molecule has 0 saturated carbocycles. The molecule has 1 atom stereocenters. The number of piperidine rings is 1. The zero-order valence-electron chi connectivity index (χ0n) is 13.2. The van der Waals surface area contributed by atoms with Gasteiger partial charge in [-0.2, -0.15) is 0 Å². The molecule has 20 heavy (non-hydrogen) atoms. The normalized spacial score (nSPS) is 20.1. The lowest BCUT2D eigenvalue weighted by atomic mass is 9.94. The molecule has 0 aliphatic carbocycles. The molecule has 1 amide bonds. The van der Waals surface area contributed by atoms with Gasteiger partial charge < -0.3 is 14.5 Å². The lowest BCUT2D eigenvalue weighted by Gasteiger charge is -2.33. The van der Waals surface area contributed by atoms with Gasteiger partial charge in [0.25, 0.3) is 0 Å². The predicted molar refractivity (Wildman–Crippen MR) is 78.4 cm³/mol. The van der Waals surface area contributed by atoms with Crippen LogP contribution in [0.5, 0.6) is 0 Å². The molecule has 1 saturated heterocycles. The van der Waals surface area contributed by atoms with E-state index in [1.54, 1.807) is 17.2 Å². The minimum atomic E-state index is -0.501. The van der Waals surface area contributed by atoms with E-state index in [1.165, 1.54) is 0 Å². The van der Waals surface area contributed by atoms with Crippen LogP contribution in [0.15, 0.2) is 12.3 Å². The van der Waals surface area contributed by atoms with Crippen molar-refractivity contribution in [3.8, 4) is 0 Å². The number of hydrogen-bond acceptors (Lipinski definition) is 4. The Bertz CT molecular complexity index is 383. The van der Waals surface area contributed by atoms with Crippen molar-refractivity contribution in [3.05, 3.63) is 12.3 Å². The number of carbonyl (C=O) groups is 2. The lowest BCUT2D eigenvalue weighted by molar-refractivity contribution is -0.119.